The zero-order valence-corrected chi connectivity index (χ0v) is 17.0. The highest BCUT2D eigenvalue weighted by Crippen LogP contribution is 2.23. The van der Waals surface area contributed by atoms with Crippen molar-refractivity contribution in [3.63, 3.8) is 0 Å². The molecular formula is C20H27ClN4O2. The SMILES string of the molecule is C[C@H]1CN(C(C)(C)CNc2cnn(-c3ccccc3)c(=O)c2Cl)C[C@H](C)O1. The Hall–Kier alpha value is -1.89. The van der Waals surface area contributed by atoms with Crippen LogP contribution in [0, 0.1) is 0 Å². The fourth-order valence-electron chi connectivity index (χ4n) is 3.40. The monoisotopic (exact) mass is 390 g/mol. The zero-order chi connectivity index (χ0) is 19.6. The summed E-state index contributed by atoms with van der Waals surface area (Å²) in [5.41, 5.74) is 0.785. The Morgan fingerprint density at radius 1 is 1.22 bits per heavy atom. The molecule has 146 valence electrons. The number of para-hydroxylation sites is 1. The summed E-state index contributed by atoms with van der Waals surface area (Å²) in [6, 6.07) is 9.25. The molecule has 2 heterocycles. The lowest BCUT2D eigenvalue weighted by Gasteiger charge is -2.45. The molecule has 6 nitrogen and oxygen atoms in total. The molecule has 1 aliphatic rings. The first-order valence-electron chi connectivity index (χ1n) is 9.25. The molecule has 2 aromatic rings. The number of nitrogens with one attached hydrogen (secondary N) is 1. The molecule has 1 aromatic carbocycles. The van der Waals surface area contributed by atoms with E-state index in [0.717, 1.165) is 13.1 Å². The maximum Gasteiger partial charge on any atom is 0.292 e. The minimum Gasteiger partial charge on any atom is -0.381 e. The fraction of sp³-hybridized carbons (Fsp3) is 0.500. The van der Waals surface area contributed by atoms with E-state index in [1.807, 2.05) is 30.3 Å². The van der Waals surface area contributed by atoms with Crippen molar-refractivity contribution in [1.29, 1.82) is 0 Å². The van der Waals surface area contributed by atoms with Crippen molar-refractivity contribution in [2.75, 3.05) is 25.0 Å². The Bertz CT molecular complexity index is 828. The van der Waals surface area contributed by atoms with Crippen molar-refractivity contribution in [3.8, 4) is 5.69 Å². The molecule has 3 rings (SSSR count). The number of aromatic nitrogens is 2. The highest BCUT2D eigenvalue weighted by atomic mass is 35.5. The van der Waals surface area contributed by atoms with Gasteiger partial charge in [0, 0.05) is 25.2 Å². The van der Waals surface area contributed by atoms with Crippen LogP contribution in [0.2, 0.25) is 5.02 Å². The second-order valence-electron chi connectivity index (χ2n) is 7.75. The predicted molar refractivity (Wildman–Crippen MR) is 109 cm³/mol. The van der Waals surface area contributed by atoms with E-state index >= 15 is 0 Å². The molecule has 2 atom stereocenters. The van der Waals surface area contributed by atoms with Crippen LogP contribution in [0.1, 0.15) is 27.7 Å². The number of nitrogens with zero attached hydrogens (tertiary/aromatic N) is 3. The fourth-order valence-corrected chi connectivity index (χ4v) is 3.60. The molecule has 0 spiro atoms. The summed E-state index contributed by atoms with van der Waals surface area (Å²) >= 11 is 6.34. The molecule has 27 heavy (non-hydrogen) atoms. The van der Waals surface area contributed by atoms with E-state index in [4.69, 9.17) is 16.3 Å². The maximum atomic E-state index is 12.6. The van der Waals surface area contributed by atoms with Gasteiger partial charge in [0.25, 0.3) is 5.56 Å². The average molecular weight is 391 g/mol. The molecule has 0 unspecified atom stereocenters. The van der Waals surface area contributed by atoms with Gasteiger partial charge in [-0.05, 0) is 39.8 Å². The summed E-state index contributed by atoms with van der Waals surface area (Å²) < 4.78 is 7.14. The van der Waals surface area contributed by atoms with Crippen molar-refractivity contribution >= 4 is 17.3 Å². The Kier molecular flexibility index (Phi) is 5.89. The van der Waals surface area contributed by atoms with Gasteiger partial charge in [0.05, 0.1) is 29.8 Å². The summed E-state index contributed by atoms with van der Waals surface area (Å²) in [4.78, 5) is 15.0. The van der Waals surface area contributed by atoms with Gasteiger partial charge >= 0.3 is 0 Å². The average Bonchev–Trinajstić information content (AvgIpc) is 2.63. The molecule has 0 radical (unpaired) electrons. The Balaban J connectivity index is 1.74. The van der Waals surface area contributed by atoms with Crippen LogP contribution in [-0.4, -0.2) is 52.1 Å². The molecule has 1 aliphatic heterocycles. The number of ether oxygens (including phenoxy) is 1. The van der Waals surface area contributed by atoms with Crippen molar-refractivity contribution in [2.24, 2.45) is 0 Å². The van der Waals surface area contributed by atoms with E-state index in [9.17, 15) is 4.79 Å². The van der Waals surface area contributed by atoms with Crippen LogP contribution in [-0.2, 0) is 4.74 Å². The Labute approximate surface area is 165 Å². The van der Waals surface area contributed by atoms with Crippen LogP contribution >= 0.6 is 11.6 Å². The Morgan fingerprint density at radius 3 is 2.48 bits per heavy atom. The lowest BCUT2D eigenvalue weighted by atomic mass is 10.00. The van der Waals surface area contributed by atoms with Gasteiger partial charge in [-0.3, -0.25) is 9.69 Å². The van der Waals surface area contributed by atoms with Crippen LogP contribution < -0.4 is 10.9 Å². The van der Waals surface area contributed by atoms with Gasteiger partial charge in [-0.1, -0.05) is 29.8 Å². The highest BCUT2D eigenvalue weighted by molar-refractivity contribution is 6.32. The lowest BCUT2D eigenvalue weighted by Crippen LogP contribution is -2.57. The molecule has 1 saturated heterocycles. The standard InChI is InChI=1S/C20H27ClN4O2/c1-14-11-24(12-15(2)27-14)20(3,4)13-22-17-10-23-25(19(26)18(17)21)16-8-6-5-7-9-16/h5-10,14-15,22H,11-13H2,1-4H3/t14-,15-/m0/s1. The molecule has 1 N–H and O–H groups in total. The maximum absolute atomic E-state index is 12.6. The number of morpholine rings is 1. The second kappa shape index (κ2) is 8.00. The first-order valence-corrected chi connectivity index (χ1v) is 9.63. The third kappa shape index (κ3) is 4.51. The summed E-state index contributed by atoms with van der Waals surface area (Å²) in [6.45, 7) is 10.9. The van der Waals surface area contributed by atoms with Crippen LogP contribution in [0.3, 0.4) is 0 Å². The summed E-state index contributed by atoms with van der Waals surface area (Å²) in [6.07, 6.45) is 2.01. The lowest BCUT2D eigenvalue weighted by molar-refractivity contribution is -0.0933. The van der Waals surface area contributed by atoms with E-state index in [0.29, 0.717) is 17.9 Å². The number of hydrogen-bond donors (Lipinski definition) is 1. The molecule has 1 aromatic heterocycles. The number of anilines is 1. The molecule has 0 bridgehead atoms. The molecular weight excluding hydrogens is 364 g/mol. The third-order valence-corrected chi connectivity index (χ3v) is 5.27. The first-order chi connectivity index (χ1) is 12.8. The van der Waals surface area contributed by atoms with Gasteiger partial charge < -0.3 is 10.1 Å². The minimum absolute atomic E-state index is 0.121. The van der Waals surface area contributed by atoms with Gasteiger partial charge in [0.1, 0.15) is 5.02 Å². The predicted octanol–water partition coefficient (Wildman–Crippen LogP) is 3.19. The summed E-state index contributed by atoms with van der Waals surface area (Å²) in [5, 5.41) is 7.73. The second-order valence-corrected chi connectivity index (χ2v) is 8.13. The van der Waals surface area contributed by atoms with Gasteiger partial charge in [0.2, 0.25) is 0 Å². The van der Waals surface area contributed by atoms with E-state index in [1.54, 1.807) is 6.20 Å². The van der Waals surface area contributed by atoms with Crippen LogP contribution in [0.5, 0.6) is 0 Å². The van der Waals surface area contributed by atoms with Crippen molar-refractivity contribution < 1.29 is 4.74 Å². The van der Waals surface area contributed by atoms with E-state index in [1.165, 1.54) is 4.68 Å². The quantitative estimate of drug-likeness (QED) is 0.849. The van der Waals surface area contributed by atoms with Crippen molar-refractivity contribution in [2.45, 2.75) is 45.4 Å². The third-order valence-electron chi connectivity index (χ3n) is 4.91. The smallest absolute Gasteiger partial charge is 0.292 e. The minimum atomic E-state index is -0.334. The largest absolute Gasteiger partial charge is 0.381 e. The zero-order valence-electron chi connectivity index (χ0n) is 16.3. The van der Waals surface area contributed by atoms with Crippen LogP contribution in [0.25, 0.3) is 5.69 Å². The van der Waals surface area contributed by atoms with Gasteiger partial charge in [-0.15, -0.1) is 0 Å². The van der Waals surface area contributed by atoms with E-state index in [2.05, 4.69) is 43.0 Å². The normalized spacial score (nSPS) is 21.2. The van der Waals surface area contributed by atoms with E-state index in [-0.39, 0.29) is 28.3 Å². The van der Waals surface area contributed by atoms with Crippen LogP contribution in [0.15, 0.2) is 41.3 Å². The van der Waals surface area contributed by atoms with E-state index < -0.39 is 0 Å². The van der Waals surface area contributed by atoms with Crippen LogP contribution in [0.4, 0.5) is 5.69 Å². The summed E-state index contributed by atoms with van der Waals surface area (Å²) in [5.74, 6) is 0. The Morgan fingerprint density at radius 2 is 1.85 bits per heavy atom. The number of hydrogen-bond acceptors (Lipinski definition) is 5. The number of benzene rings is 1. The van der Waals surface area contributed by atoms with Gasteiger partial charge in [-0.25, -0.2) is 0 Å². The molecule has 1 fully saturated rings. The van der Waals surface area contributed by atoms with Crippen molar-refractivity contribution in [1.82, 2.24) is 14.7 Å². The molecule has 0 saturated carbocycles. The topological polar surface area (TPSA) is 59.4 Å². The van der Waals surface area contributed by atoms with Gasteiger partial charge in [0.15, 0.2) is 0 Å². The number of rotatable bonds is 5. The highest BCUT2D eigenvalue weighted by Gasteiger charge is 2.33. The molecule has 0 aliphatic carbocycles. The molecule has 0 amide bonds. The van der Waals surface area contributed by atoms with Gasteiger partial charge in [-0.2, -0.15) is 9.78 Å². The van der Waals surface area contributed by atoms with Crippen molar-refractivity contribution in [3.05, 3.63) is 51.9 Å². The first kappa shape index (κ1) is 19.9. The number of halogens is 1. The summed E-state index contributed by atoms with van der Waals surface area (Å²) in [7, 11) is 0. The molecule has 7 heteroatoms.